The van der Waals surface area contributed by atoms with Crippen molar-refractivity contribution in [2.45, 2.75) is 19.4 Å². The molecule has 0 bridgehead atoms. The summed E-state index contributed by atoms with van der Waals surface area (Å²) in [6.07, 6.45) is 1.08. The number of hydrogen-bond donors (Lipinski definition) is 0. The smallest absolute Gasteiger partial charge is 0.344 e. The van der Waals surface area contributed by atoms with Crippen molar-refractivity contribution in [1.29, 1.82) is 0 Å². The summed E-state index contributed by atoms with van der Waals surface area (Å²) in [7, 11) is 6.02. The molecule has 1 fully saturated rings. The van der Waals surface area contributed by atoms with Gasteiger partial charge in [0.05, 0.1) is 6.61 Å². The normalized spacial score (nSPS) is 18.9. The van der Waals surface area contributed by atoms with Crippen molar-refractivity contribution in [2.75, 3.05) is 38.7 Å². The number of esters is 1. The molecule has 0 saturated carbocycles. The molecule has 0 unspecified atom stereocenters. The predicted molar refractivity (Wildman–Crippen MR) is 81.2 cm³/mol. The van der Waals surface area contributed by atoms with Crippen LogP contribution in [0, 0.1) is 0 Å². The van der Waals surface area contributed by atoms with Crippen LogP contribution in [0.15, 0.2) is 4.60 Å². The fourth-order valence-electron chi connectivity index (χ4n) is 2.58. The summed E-state index contributed by atoms with van der Waals surface area (Å²) in [6, 6.07) is 0.499. The van der Waals surface area contributed by atoms with Crippen LogP contribution >= 0.6 is 15.9 Å². The summed E-state index contributed by atoms with van der Waals surface area (Å²) in [5.41, 5.74) is 0.522. The molecule has 0 aliphatic carbocycles. The van der Waals surface area contributed by atoms with Gasteiger partial charge >= 0.3 is 5.97 Å². The molecular weight excluding hydrogens is 324 g/mol. The van der Waals surface area contributed by atoms with Crippen molar-refractivity contribution in [3.63, 3.8) is 0 Å². The standard InChI is InChI=1S/C13H21BrN4O2/c1-5-20-13(19)10-11(14)15-17(4)12(10)18-7-6-9(8-18)16(2)3/h9H,5-8H2,1-4H3/t9-/m1/s1. The second kappa shape index (κ2) is 6.13. The number of aryl methyl sites for hydroxylation is 1. The van der Waals surface area contributed by atoms with Gasteiger partial charge in [-0.25, -0.2) is 4.79 Å². The lowest BCUT2D eigenvalue weighted by molar-refractivity contribution is 0.0526. The number of ether oxygens (including phenoxy) is 1. The first-order valence-corrected chi connectivity index (χ1v) is 7.56. The van der Waals surface area contributed by atoms with E-state index in [-0.39, 0.29) is 5.97 Å². The number of aromatic nitrogens is 2. The second-order valence-corrected chi connectivity index (χ2v) is 5.94. The Bertz CT molecular complexity index is 501. The topological polar surface area (TPSA) is 50.6 Å². The van der Waals surface area contributed by atoms with Gasteiger partial charge in [0.1, 0.15) is 16.0 Å². The Morgan fingerprint density at radius 3 is 2.80 bits per heavy atom. The van der Waals surface area contributed by atoms with E-state index in [1.54, 1.807) is 11.6 Å². The van der Waals surface area contributed by atoms with Crippen molar-refractivity contribution in [3.05, 3.63) is 10.2 Å². The lowest BCUT2D eigenvalue weighted by Gasteiger charge is -2.22. The maximum Gasteiger partial charge on any atom is 0.344 e. The molecule has 20 heavy (non-hydrogen) atoms. The zero-order valence-electron chi connectivity index (χ0n) is 12.4. The van der Waals surface area contributed by atoms with Gasteiger partial charge in [0.2, 0.25) is 0 Å². The fourth-order valence-corrected chi connectivity index (χ4v) is 3.16. The van der Waals surface area contributed by atoms with Crippen LogP contribution < -0.4 is 4.90 Å². The number of nitrogens with zero attached hydrogens (tertiary/aromatic N) is 4. The minimum atomic E-state index is -0.323. The fraction of sp³-hybridized carbons (Fsp3) is 0.692. The number of rotatable bonds is 4. The molecule has 6 nitrogen and oxygen atoms in total. The third-order valence-electron chi connectivity index (χ3n) is 3.65. The SMILES string of the molecule is CCOC(=O)c1c(Br)nn(C)c1N1CC[C@@H](N(C)C)C1. The van der Waals surface area contributed by atoms with E-state index >= 15 is 0 Å². The van der Waals surface area contributed by atoms with Crippen LogP contribution in [-0.2, 0) is 11.8 Å². The van der Waals surface area contributed by atoms with Gasteiger partial charge in [-0.3, -0.25) is 4.68 Å². The largest absolute Gasteiger partial charge is 0.462 e. The van der Waals surface area contributed by atoms with E-state index in [9.17, 15) is 4.79 Å². The molecule has 0 N–H and O–H groups in total. The highest BCUT2D eigenvalue weighted by Crippen LogP contribution is 2.31. The summed E-state index contributed by atoms with van der Waals surface area (Å²) < 4.78 is 7.42. The van der Waals surface area contributed by atoms with Crippen molar-refractivity contribution in [1.82, 2.24) is 14.7 Å². The van der Waals surface area contributed by atoms with Gasteiger partial charge in [-0.1, -0.05) is 0 Å². The molecule has 0 amide bonds. The minimum Gasteiger partial charge on any atom is -0.462 e. The maximum absolute atomic E-state index is 12.1. The predicted octanol–water partition coefficient (Wildman–Crippen LogP) is 1.50. The first kappa shape index (κ1) is 15.3. The van der Waals surface area contributed by atoms with Gasteiger partial charge in [-0.05, 0) is 43.4 Å². The van der Waals surface area contributed by atoms with Crippen molar-refractivity contribution in [2.24, 2.45) is 7.05 Å². The third kappa shape index (κ3) is 2.83. The molecule has 0 spiro atoms. The molecule has 1 aromatic rings. The van der Waals surface area contributed by atoms with Gasteiger partial charge in [-0.2, -0.15) is 5.10 Å². The maximum atomic E-state index is 12.1. The quantitative estimate of drug-likeness (QED) is 0.774. The minimum absolute atomic E-state index is 0.323. The van der Waals surface area contributed by atoms with Gasteiger partial charge < -0.3 is 14.5 Å². The Morgan fingerprint density at radius 2 is 2.25 bits per heavy atom. The van der Waals surface area contributed by atoms with E-state index in [2.05, 4.69) is 44.9 Å². The van der Waals surface area contributed by atoms with Crippen LogP contribution in [0.4, 0.5) is 5.82 Å². The van der Waals surface area contributed by atoms with Crippen molar-refractivity contribution >= 4 is 27.7 Å². The molecule has 2 heterocycles. The summed E-state index contributed by atoms with van der Waals surface area (Å²) in [5.74, 6) is 0.510. The average molecular weight is 345 g/mol. The average Bonchev–Trinajstić information content (AvgIpc) is 2.93. The Morgan fingerprint density at radius 1 is 1.55 bits per heavy atom. The Kier molecular flexibility index (Phi) is 4.70. The van der Waals surface area contributed by atoms with E-state index in [0.717, 1.165) is 25.3 Å². The van der Waals surface area contributed by atoms with Crippen LogP contribution in [-0.4, -0.2) is 60.5 Å². The number of carbonyl (C=O) groups excluding carboxylic acids is 1. The number of carbonyl (C=O) groups is 1. The zero-order chi connectivity index (χ0) is 14.9. The molecule has 1 aromatic heterocycles. The Balaban J connectivity index is 2.30. The number of likely N-dealkylation sites (N-methyl/N-ethyl adjacent to an activating group) is 1. The van der Waals surface area contributed by atoms with E-state index in [1.807, 2.05) is 7.05 Å². The molecule has 1 aliphatic heterocycles. The van der Waals surface area contributed by atoms with Crippen LogP contribution in [0.5, 0.6) is 0 Å². The molecule has 0 radical (unpaired) electrons. The van der Waals surface area contributed by atoms with Crippen LogP contribution in [0.25, 0.3) is 0 Å². The highest BCUT2D eigenvalue weighted by molar-refractivity contribution is 9.10. The first-order chi connectivity index (χ1) is 9.45. The van der Waals surface area contributed by atoms with Gasteiger partial charge in [0.25, 0.3) is 0 Å². The second-order valence-electron chi connectivity index (χ2n) is 5.19. The monoisotopic (exact) mass is 344 g/mol. The van der Waals surface area contributed by atoms with Crippen LogP contribution in [0.3, 0.4) is 0 Å². The Labute approximate surface area is 127 Å². The molecule has 7 heteroatoms. The van der Waals surface area contributed by atoms with Crippen molar-refractivity contribution < 1.29 is 9.53 Å². The van der Waals surface area contributed by atoms with E-state index in [0.29, 0.717) is 22.8 Å². The molecule has 1 aliphatic rings. The summed E-state index contributed by atoms with van der Waals surface area (Å²) in [5, 5.41) is 4.31. The summed E-state index contributed by atoms with van der Waals surface area (Å²) >= 11 is 3.36. The lowest BCUT2D eigenvalue weighted by atomic mass is 10.2. The van der Waals surface area contributed by atoms with E-state index in [4.69, 9.17) is 4.74 Å². The zero-order valence-corrected chi connectivity index (χ0v) is 14.0. The molecule has 112 valence electrons. The van der Waals surface area contributed by atoms with Gasteiger partial charge in [0.15, 0.2) is 0 Å². The molecule has 1 atom stereocenters. The van der Waals surface area contributed by atoms with E-state index < -0.39 is 0 Å². The summed E-state index contributed by atoms with van der Waals surface area (Å²) in [4.78, 5) is 16.5. The summed E-state index contributed by atoms with van der Waals surface area (Å²) in [6.45, 7) is 3.98. The van der Waals surface area contributed by atoms with E-state index in [1.165, 1.54) is 0 Å². The van der Waals surface area contributed by atoms with Crippen LogP contribution in [0.2, 0.25) is 0 Å². The number of hydrogen-bond acceptors (Lipinski definition) is 5. The molecule has 0 aromatic carbocycles. The highest BCUT2D eigenvalue weighted by atomic mass is 79.9. The first-order valence-electron chi connectivity index (χ1n) is 6.76. The molecule has 2 rings (SSSR count). The number of halogens is 1. The number of anilines is 1. The molecular formula is C13H21BrN4O2. The highest BCUT2D eigenvalue weighted by Gasteiger charge is 2.31. The van der Waals surface area contributed by atoms with Crippen LogP contribution in [0.1, 0.15) is 23.7 Å². The Hall–Kier alpha value is -1.08. The van der Waals surface area contributed by atoms with Gasteiger partial charge in [0, 0.05) is 26.2 Å². The lowest BCUT2D eigenvalue weighted by Crippen LogP contribution is -2.32. The van der Waals surface area contributed by atoms with Crippen molar-refractivity contribution in [3.8, 4) is 0 Å². The molecule has 1 saturated heterocycles. The third-order valence-corrected chi connectivity index (χ3v) is 4.20. The van der Waals surface area contributed by atoms with Gasteiger partial charge in [-0.15, -0.1) is 0 Å².